The summed E-state index contributed by atoms with van der Waals surface area (Å²) in [5.41, 5.74) is 3.60. The standard InChI is InChI=1S/C32H36N2O6S2/c1-39-31(37)25-21-11-7-3-5-9-13-23(21)41-29(25)33-27(35)19-15-17-20(18-16-19)28(36)34-30-26(32(38)40-2)22-12-8-4-6-10-14-24(22)42-30/h15-18H,3-14H2,1-2H3,(H,33,35)(H,34,36). The van der Waals surface area contributed by atoms with Crippen molar-refractivity contribution in [3.05, 3.63) is 67.4 Å². The fraction of sp³-hybridized carbons (Fsp3) is 0.438. The van der Waals surface area contributed by atoms with Crippen LogP contribution in [-0.4, -0.2) is 38.0 Å². The van der Waals surface area contributed by atoms with Crippen LogP contribution in [-0.2, 0) is 35.2 Å². The minimum atomic E-state index is -0.441. The molecule has 0 bridgehead atoms. The van der Waals surface area contributed by atoms with Gasteiger partial charge in [0, 0.05) is 20.9 Å². The van der Waals surface area contributed by atoms with Crippen molar-refractivity contribution in [3.63, 3.8) is 0 Å². The van der Waals surface area contributed by atoms with Crippen LogP contribution < -0.4 is 10.6 Å². The van der Waals surface area contributed by atoms with Gasteiger partial charge in [0.05, 0.1) is 25.3 Å². The molecule has 2 heterocycles. The number of aryl methyl sites for hydroxylation is 2. The molecule has 0 saturated heterocycles. The third-order valence-corrected chi connectivity index (χ3v) is 10.4. The van der Waals surface area contributed by atoms with Crippen LogP contribution >= 0.6 is 22.7 Å². The van der Waals surface area contributed by atoms with Crippen molar-refractivity contribution < 1.29 is 28.7 Å². The number of carbonyl (C=O) groups is 4. The van der Waals surface area contributed by atoms with E-state index >= 15 is 0 Å². The van der Waals surface area contributed by atoms with E-state index < -0.39 is 11.9 Å². The molecule has 0 radical (unpaired) electrons. The van der Waals surface area contributed by atoms with E-state index in [1.165, 1.54) is 36.9 Å². The Morgan fingerprint density at radius 3 is 1.29 bits per heavy atom. The molecule has 42 heavy (non-hydrogen) atoms. The number of benzene rings is 1. The number of ether oxygens (including phenoxy) is 2. The third-order valence-electron chi connectivity index (χ3n) is 7.99. The molecular weight excluding hydrogens is 572 g/mol. The summed E-state index contributed by atoms with van der Waals surface area (Å²) in [5.74, 6) is -1.62. The minimum absolute atomic E-state index is 0.359. The van der Waals surface area contributed by atoms with Gasteiger partial charge in [-0.2, -0.15) is 0 Å². The monoisotopic (exact) mass is 608 g/mol. The SMILES string of the molecule is COC(=O)c1c(NC(=O)c2ccc(C(=O)Nc3sc4c(c3C(=O)OC)CCCCCC4)cc2)sc2c1CCCCCC2. The predicted molar refractivity (Wildman–Crippen MR) is 165 cm³/mol. The van der Waals surface area contributed by atoms with Crippen molar-refractivity contribution in [2.24, 2.45) is 0 Å². The average Bonchev–Trinajstić information content (AvgIpc) is 3.47. The van der Waals surface area contributed by atoms with E-state index in [1.807, 2.05) is 0 Å². The van der Waals surface area contributed by atoms with Crippen molar-refractivity contribution in [1.82, 2.24) is 0 Å². The van der Waals surface area contributed by atoms with Crippen LogP contribution in [0.4, 0.5) is 10.0 Å². The van der Waals surface area contributed by atoms with E-state index in [-0.39, 0.29) is 11.8 Å². The quantitative estimate of drug-likeness (QED) is 0.286. The molecule has 8 nitrogen and oxygen atoms in total. The smallest absolute Gasteiger partial charge is 0.341 e. The molecule has 2 aliphatic carbocycles. The van der Waals surface area contributed by atoms with Crippen LogP contribution in [0.15, 0.2) is 24.3 Å². The molecule has 1 aromatic carbocycles. The molecule has 0 unspecified atom stereocenters. The van der Waals surface area contributed by atoms with Gasteiger partial charge in [-0.25, -0.2) is 9.59 Å². The first-order valence-electron chi connectivity index (χ1n) is 14.6. The van der Waals surface area contributed by atoms with Gasteiger partial charge in [-0.3, -0.25) is 9.59 Å². The fourth-order valence-electron chi connectivity index (χ4n) is 5.77. The first-order chi connectivity index (χ1) is 20.4. The van der Waals surface area contributed by atoms with Gasteiger partial charge in [0.2, 0.25) is 0 Å². The third kappa shape index (κ3) is 6.44. The van der Waals surface area contributed by atoms with Gasteiger partial charge in [0.15, 0.2) is 0 Å². The number of thiophene rings is 2. The summed E-state index contributed by atoms with van der Waals surface area (Å²) in [4.78, 5) is 54.1. The van der Waals surface area contributed by atoms with Crippen LogP contribution in [0.3, 0.4) is 0 Å². The number of fused-ring (bicyclic) bond motifs is 2. The fourth-order valence-corrected chi connectivity index (χ4v) is 8.32. The molecule has 10 heteroatoms. The molecule has 2 aromatic heterocycles. The second kappa shape index (κ2) is 13.6. The Balaban J connectivity index is 1.33. The second-order valence-electron chi connectivity index (χ2n) is 10.7. The number of amides is 2. The van der Waals surface area contributed by atoms with Crippen molar-refractivity contribution in [2.45, 2.75) is 77.0 Å². The van der Waals surface area contributed by atoms with Crippen LogP contribution in [0.5, 0.6) is 0 Å². The van der Waals surface area contributed by atoms with E-state index in [1.54, 1.807) is 24.3 Å². The van der Waals surface area contributed by atoms with Gasteiger partial charge in [0.25, 0.3) is 11.8 Å². The Kier molecular flexibility index (Phi) is 9.74. The highest BCUT2D eigenvalue weighted by molar-refractivity contribution is 7.17. The van der Waals surface area contributed by atoms with Crippen LogP contribution in [0.25, 0.3) is 0 Å². The van der Waals surface area contributed by atoms with E-state index in [9.17, 15) is 19.2 Å². The molecule has 5 rings (SSSR count). The highest BCUT2D eigenvalue weighted by atomic mass is 32.1. The second-order valence-corrected chi connectivity index (χ2v) is 12.9. The van der Waals surface area contributed by atoms with Crippen LogP contribution in [0.1, 0.15) is 114 Å². The zero-order chi connectivity index (χ0) is 29.6. The molecule has 3 aromatic rings. The lowest BCUT2D eigenvalue weighted by Crippen LogP contribution is -2.16. The van der Waals surface area contributed by atoms with E-state index in [0.29, 0.717) is 32.3 Å². The molecule has 2 aliphatic rings. The summed E-state index contributed by atoms with van der Waals surface area (Å²) < 4.78 is 10.1. The van der Waals surface area contributed by atoms with E-state index in [4.69, 9.17) is 9.47 Å². The number of hydrogen-bond acceptors (Lipinski definition) is 8. The molecule has 0 fully saturated rings. The Morgan fingerprint density at radius 2 is 0.929 bits per heavy atom. The summed E-state index contributed by atoms with van der Waals surface area (Å²) in [6.07, 6.45) is 12.0. The minimum Gasteiger partial charge on any atom is -0.465 e. The number of nitrogens with one attached hydrogen (secondary N) is 2. The number of methoxy groups -OCH3 is 2. The zero-order valence-corrected chi connectivity index (χ0v) is 25.7. The molecule has 0 saturated carbocycles. The zero-order valence-electron chi connectivity index (χ0n) is 24.1. The molecule has 0 spiro atoms. The molecule has 0 atom stereocenters. The summed E-state index contributed by atoms with van der Waals surface area (Å²) >= 11 is 2.89. The summed E-state index contributed by atoms with van der Waals surface area (Å²) in [5, 5.41) is 6.85. The normalized spacial score (nSPS) is 15.1. The summed E-state index contributed by atoms with van der Waals surface area (Å²) in [7, 11) is 2.71. The van der Waals surface area contributed by atoms with E-state index in [0.717, 1.165) is 97.9 Å². The number of anilines is 2. The molecular formula is C32H36N2O6S2. The van der Waals surface area contributed by atoms with Gasteiger partial charge >= 0.3 is 11.9 Å². The first kappa shape index (κ1) is 30.0. The maximum Gasteiger partial charge on any atom is 0.341 e. The van der Waals surface area contributed by atoms with Crippen LogP contribution in [0, 0.1) is 0 Å². The maximum absolute atomic E-state index is 13.2. The van der Waals surface area contributed by atoms with Gasteiger partial charge in [-0.15, -0.1) is 22.7 Å². The van der Waals surface area contributed by atoms with E-state index in [2.05, 4.69) is 10.6 Å². The number of carbonyl (C=O) groups excluding carboxylic acids is 4. The topological polar surface area (TPSA) is 111 Å². The lowest BCUT2D eigenvalue weighted by molar-refractivity contribution is 0.0592. The van der Waals surface area contributed by atoms with Gasteiger partial charge in [0.1, 0.15) is 10.0 Å². The van der Waals surface area contributed by atoms with Crippen molar-refractivity contribution in [2.75, 3.05) is 24.9 Å². The van der Waals surface area contributed by atoms with Crippen LogP contribution in [0.2, 0.25) is 0 Å². The number of rotatable bonds is 6. The summed E-state index contributed by atoms with van der Waals surface area (Å²) in [6.45, 7) is 0. The molecule has 2 amide bonds. The predicted octanol–water partition coefficient (Wildman–Crippen LogP) is 7.21. The Morgan fingerprint density at radius 1 is 0.571 bits per heavy atom. The van der Waals surface area contributed by atoms with Crippen molar-refractivity contribution >= 4 is 56.4 Å². The lowest BCUT2D eigenvalue weighted by Gasteiger charge is -2.11. The van der Waals surface area contributed by atoms with Gasteiger partial charge in [-0.05, 0) is 86.8 Å². The van der Waals surface area contributed by atoms with Gasteiger partial charge < -0.3 is 20.1 Å². The highest BCUT2D eigenvalue weighted by Crippen LogP contribution is 2.39. The largest absolute Gasteiger partial charge is 0.465 e. The Bertz CT molecular complexity index is 1380. The van der Waals surface area contributed by atoms with Crippen molar-refractivity contribution in [3.8, 4) is 0 Å². The first-order valence-corrected chi connectivity index (χ1v) is 16.2. The number of esters is 2. The summed E-state index contributed by atoms with van der Waals surface area (Å²) in [6, 6.07) is 6.34. The average molecular weight is 609 g/mol. The number of hydrogen-bond donors (Lipinski definition) is 2. The molecule has 0 aliphatic heterocycles. The maximum atomic E-state index is 13.2. The van der Waals surface area contributed by atoms with Gasteiger partial charge in [-0.1, -0.05) is 25.7 Å². The highest BCUT2D eigenvalue weighted by Gasteiger charge is 2.28. The lowest BCUT2D eigenvalue weighted by atomic mass is 9.96. The Hall–Kier alpha value is -3.50. The molecule has 2 N–H and O–H groups in total. The van der Waals surface area contributed by atoms with Crippen molar-refractivity contribution in [1.29, 1.82) is 0 Å². The Labute approximate surface area is 253 Å². The molecule has 222 valence electrons.